The molecule has 0 bridgehead atoms. The minimum Gasteiger partial charge on any atom is -0.494 e. The molecule has 0 aliphatic rings. The first-order valence-electron chi connectivity index (χ1n) is 8.48. The SMILES string of the molecule is CCOc1ccc(CN(C)C(C)C(=O)Nc2ccc([N+](=O)[O-])cc2Cl)cc1. The molecule has 144 valence electrons. The zero-order valence-corrected chi connectivity index (χ0v) is 16.2. The van der Waals surface area contributed by atoms with Crippen LogP contribution >= 0.6 is 11.6 Å². The van der Waals surface area contributed by atoms with Crippen LogP contribution in [0.3, 0.4) is 0 Å². The van der Waals surface area contributed by atoms with E-state index in [-0.39, 0.29) is 16.6 Å². The second-order valence-electron chi connectivity index (χ2n) is 6.08. The molecule has 0 radical (unpaired) electrons. The van der Waals surface area contributed by atoms with Crippen molar-refractivity contribution in [1.82, 2.24) is 4.90 Å². The first kappa shape index (κ1) is 20.7. The van der Waals surface area contributed by atoms with E-state index in [2.05, 4.69) is 5.32 Å². The van der Waals surface area contributed by atoms with Gasteiger partial charge in [0, 0.05) is 18.7 Å². The van der Waals surface area contributed by atoms with Gasteiger partial charge in [-0.05, 0) is 44.7 Å². The molecule has 8 heteroatoms. The minimum absolute atomic E-state index is 0.124. The number of hydrogen-bond donors (Lipinski definition) is 1. The number of benzene rings is 2. The summed E-state index contributed by atoms with van der Waals surface area (Å²) in [4.78, 5) is 24.6. The third-order valence-corrected chi connectivity index (χ3v) is 4.44. The van der Waals surface area contributed by atoms with Gasteiger partial charge in [-0.15, -0.1) is 0 Å². The van der Waals surface area contributed by atoms with Gasteiger partial charge in [0.15, 0.2) is 0 Å². The van der Waals surface area contributed by atoms with E-state index >= 15 is 0 Å². The van der Waals surface area contributed by atoms with Gasteiger partial charge in [-0.25, -0.2) is 0 Å². The molecular formula is C19H22ClN3O4. The highest BCUT2D eigenvalue weighted by Crippen LogP contribution is 2.27. The number of nitrogens with zero attached hydrogens (tertiary/aromatic N) is 2. The van der Waals surface area contributed by atoms with Crippen LogP contribution in [0.5, 0.6) is 5.75 Å². The highest BCUT2D eigenvalue weighted by molar-refractivity contribution is 6.34. The first-order valence-corrected chi connectivity index (χ1v) is 8.86. The Balaban J connectivity index is 1.98. The molecule has 1 unspecified atom stereocenters. The topological polar surface area (TPSA) is 84.7 Å². The van der Waals surface area contributed by atoms with Gasteiger partial charge in [-0.3, -0.25) is 19.8 Å². The molecule has 0 saturated carbocycles. The Morgan fingerprint density at radius 1 is 1.30 bits per heavy atom. The number of non-ortho nitro benzene ring substituents is 1. The fourth-order valence-electron chi connectivity index (χ4n) is 2.44. The van der Waals surface area contributed by atoms with E-state index in [0.29, 0.717) is 18.8 Å². The molecule has 2 aromatic rings. The van der Waals surface area contributed by atoms with Crippen LogP contribution in [0.15, 0.2) is 42.5 Å². The van der Waals surface area contributed by atoms with Crippen molar-refractivity contribution in [2.45, 2.75) is 26.4 Å². The Morgan fingerprint density at radius 3 is 2.52 bits per heavy atom. The van der Waals surface area contributed by atoms with E-state index in [9.17, 15) is 14.9 Å². The molecule has 0 aliphatic carbocycles. The van der Waals surface area contributed by atoms with Crippen molar-refractivity contribution in [3.8, 4) is 5.75 Å². The fraction of sp³-hybridized carbons (Fsp3) is 0.316. The van der Waals surface area contributed by atoms with Crippen molar-refractivity contribution >= 4 is 28.9 Å². The molecule has 0 aliphatic heterocycles. The predicted octanol–water partition coefficient (Wildman–Crippen LogP) is 4.11. The van der Waals surface area contributed by atoms with Crippen LogP contribution in [0.4, 0.5) is 11.4 Å². The number of carbonyl (C=O) groups excluding carboxylic acids is 1. The molecule has 7 nitrogen and oxygen atoms in total. The molecule has 1 amide bonds. The van der Waals surface area contributed by atoms with Crippen LogP contribution in [-0.2, 0) is 11.3 Å². The van der Waals surface area contributed by atoms with Gasteiger partial charge >= 0.3 is 0 Å². The molecule has 2 rings (SSSR count). The van der Waals surface area contributed by atoms with Crippen molar-refractivity contribution in [2.24, 2.45) is 0 Å². The molecule has 1 N–H and O–H groups in total. The zero-order chi connectivity index (χ0) is 20.0. The van der Waals surface area contributed by atoms with Gasteiger partial charge in [0.05, 0.1) is 28.3 Å². The number of amides is 1. The second kappa shape index (κ2) is 9.34. The number of ether oxygens (including phenoxy) is 1. The first-order chi connectivity index (χ1) is 12.8. The van der Waals surface area contributed by atoms with Crippen LogP contribution in [0.1, 0.15) is 19.4 Å². The lowest BCUT2D eigenvalue weighted by Crippen LogP contribution is -2.39. The Kier molecular flexibility index (Phi) is 7.15. The van der Waals surface area contributed by atoms with Crippen molar-refractivity contribution in [3.05, 3.63) is 63.2 Å². The molecule has 0 heterocycles. The summed E-state index contributed by atoms with van der Waals surface area (Å²) >= 11 is 6.03. The summed E-state index contributed by atoms with van der Waals surface area (Å²) in [6, 6.07) is 11.2. The Hall–Kier alpha value is -2.64. The van der Waals surface area contributed by atoms with Crippen molar-refractivity contribution < 1.29 is 14.5 Å². The quantitative estimate of drug-likeness (QED) is 0.540. The molecule has 1 atom stereocenters. The summed E-state index contributed by atoms with van der Waals surface area (Å²) < 4.78 is 5.42. The second-order valence-corrected chi connectivity index (χ2v) is 6.49. The lowest BCUT2D eigenvalue weighted by molar-refractivity contribution is -0.384. The van der Waals surface area contributed by atoms with Gasteiger partial charge in [0.2, 0.25) is 5.91 Å². The van der Waals surface area contributed by atoms with Crippen LogP contribution in [0, 0.1) is 10.1 Å². The average Bonchev–Trinajstić information content (AvgIpc) is 2.64. The van der Waals surface area contributed by atoms with Gasteiger partial charge in [-0.1, -0.05) is 23.7 Å². The molecule has 27 heavy (non-hydrogen) atoms. The number of nitrogens with one attached hydrogen (secondary N) is 1. The Morgan fingerprint density at radius 2 is 1.96 bits per heavy atom. The number of nitro groups is 1. The summed E-state index contributed by atoms with van der Waals surface area (Å²) in [6.07, 6.45) is 0. The normalized spacial score (nSPS) is 11.9. The minimum atomic E-state index is -0.537. The van der Waals surface area contributed by atoms with E-state index in [1.165, 1.54) is 18.2 Å². The van der Waals surface area contributed by atoms with Crippen LogP contribution in [0.2, 0.25) is 5.02 Å². The molecule has 2 aromatic carbocycles. The van der Waals surface area contributed by atoms with Crippen LogP contribution in [0.25, 0.3) is 0 Å². The zero-order valence-electron chi connectivity index (χ0n) is 15.4. The summed E-state index contributed by atoms with van der Waals surface area (Å²) in [6.45, 7) is 4.90. The molecule has 0 fully saturated rings. The molecular weight excluding hydrogens is 370 g/mol. The smallest absolute Gasteiger partial charge is 0.271 e. The van der Waals surface area contributed by atoms with Gasteiger partial charge in [0.1, 0.15) is 5.75 Å². The van der Waals surface area contributed by atoms with Crippen LogP contribution < -0.4 is 10.1 Å². The van der Waals surface area contributed by atoms with E-state index in [4.69, 9.17) is 16.3 Å². The third-order valence-electron chi connectivity index (χ3n) is 4.13. The monoisotopic (exact) mass is 391 g/mol. The van der Waals surface area contributed by atoms with Gasteiger partial charge < -0.3 is 10.1 Å². The van der Waals surface area contributed by atoms with E-state index in [1.54, 1.807) is 6.92 Å². The number of hydrogen-bond acceptors (Lipinski definition) is 5. The maximum atomic E-state index is 12.5. The van der Waals surface area contributed by atoms with E-state index < -0.39 is 11.0 Å². The van der Waals surface area contributed by atoms with Gasteiger partial charge in [0.25, 0.3) is 5.69 Å². The Bertz CT molecular complexity index is 811. The number of rotatable bonds is 8. The summed E-state index contributed by atoms with van der Waals surface area (Å²) in [5.41, 5.74) is 1.27. The van der Waals surface area contributed by atoms with Crippen LogP contribution in [-0.4, -0.2) is 35.4 Å². The predicted molar refractivity (Wildman–Crippen MR) is 105 cm³/mol. The van der Waals surface area contributed by atoms with E-state index in [0.717, 1.165) is 11.3 Å². The summed E-state index contributed by atoms with van der Waals surface area (Å²) in [5.74, 6) is 0.557. The van der Waals surface area contributed by atoms with Crippen molar-refractivity contribution in [3.63, 3.8) is 0 Å². The lowest BCUT2D eigenvalue weighted by Gasteiger charge is -2.24. The molecule has 0 spiro atoms. The maximum Gasteiger partial charge on any atom is 0.271 e. The number of nitro benzene ring substituents is 1. The summed E-state index contributed by atoms with van der Waals surface area (Å²) in [5, 5.41) is 13.6. The fourth-order valence-corrected chi connectivity index (χ4v) is 2.66. The highest BCUT2D eigenvalue weighted by Gasteiger charge is 2.20. The largest absolute Gasteiger partial charge is 0.494 e. The van der Waals surface area contributed by atoms with Crippen molar-refractivity contribution in [1.29, 1.82) is 0 Å². The molecule has 0 saturated heterocycles. The molecule has 0 aromatic heterocycles. The van der Waals surface area contributed by atoms with E-state index in [1.807, 2.05) is 43.1 Å². The standard InChI is InChI=1S/C19H22ClN3O4/c1-4-27-16-8-5-14(6-9-16)12-22(3)13(2)19(24)21-18-10-7-15(23(25)26)11-17(18)20/h5-11,13H,4,12H2,1-3H3,(H,21,24). The van der Waals surface area contributed by atoms with Crippen molar-refractivity contribution in [2.75, 3.05) is 19.0 Å². The number of likely N-dealkylation sites (N-methyl/N-ethyl adjacent to an activating group) is 1. The lowest BCUT2D eigenvalue weighted by atomic mass is 10.1. The number of carbonyl (C=O) groups is 1. The number of anilines is 1. The number of halogens is 1. The average molecular weight is 392 g/mol. The highest BCUT2D eigenvalue weighted by atomic mass is 35.5. The Labute approximate surface area is 163 Å². The third kappa shape index (κ3) is 5.67. The maximum absolute atomic E-state index is 12.5. The van der Waals surface area contributed by atoms with Gasteiger partial charge in [-0.2, -0.15) is 0 Å². The summed E-state index contributed by atoms with van der Waals surface area (Å²) in [7, 11) is 1.85.